The highest BCUT2D eigenvalue weighted by Gasteiger charge is 2.33. The van der Waals surface area contributed by atoms with E-state index in [2.05, 4.69) is 15.9 Å². The molecular formula is C33H42F3N3O3. The quantitative estimate of drug-likeness (QED) is 0.302. The molecule has 2 aromatic carbocycles. The van der Waals surface area contributed by atoms with Gasteiger partial charge in [0.15, 0.2) is 0 Å². The number of nitrogens with zero attached hydrogens (tertiary/aromatic N) is 3. The Balaban J connectivity index is 1.19. The first kappa shape index (κ1) is 30.7. The second-order valence-electron chi connectivity index (χ2n) is 11.8. The van der Waals surface area contributed by atoms with Crippen molar-refractivity contribution in [3.8, 4) is 5.75 Å². The summed E-state index contributed by atoms with van der Waals surface area (Å²) in [6.45, 7) is 6.71. The number of aryl methyl sites for hydroxylation is 1. The average Bonchev–Trinajstić information content (AvgIpc) is 3.00. The molecule has 2 saturated heterocycles. The Morgan fingerprint density at radius 2 is 1.64 bits per heavy atom. The lowest BCUT2D eigenvalue weighted by Gasteiger charge is -2.41. The van der Waals surface area contributed by atoms with Crippen molar-refractivity contribution in [2.24, 2.45) is 5.41 Å². The van der Waals surface area contributed by atoms with E-state index >= 15 is 0 Å². The molecule has 0 aliphatic carbocycles. The van der Waals surface area contributed by atoms with Gasteiger partial charge in [-0.3, -0.25) is 9.88 Å². The zero-order valence-electron chi connectivity index (χ0n) is 24.5. The maximum Gasteiger partial charge on any atom is 0.132 e. The van der Waals surface area contributed by atoms with Gasteiger partial charge in [-0.2, -0.15) is 0 Å². The molecule has 0 unspecified atom stereocenters. The fraction of sp³-hybridized carbons (Fsp3) is 0.545. The summed E-state index contributed by atoms with van der Waals surface area (Å²) in [5.74, 6) is -1.72. The molecule has 6 nitrogen and oxygen atoms in total. The maximum atomic E-state index is 14.0. The normalized spacial score (nSPS) is 18.0. The van der Waals surface area contributed by atoms with E-state index < -0.39 is 17.5 Å². The van der Waals surface area contributed by atoms with Gasteiger partial charge in [0, 0.05) is 55.5 Å². The number of aliphatic hydroxyl groups excluding tert-OH is 1. The van der Waals surface area contributed by atoms with Crippen molar-refractivity contribution in [2.45, 2.75) is 51.5 Å². The first-order chi connectivity index (χ1) is 20.4. The molecule has 1 N–H and O–H groups in total. The number of aromatic nitrogens is 1. The van der Waals surface area contributed by atoms with E-state index in [0.29, 0.717) is 13.0 Å². The molecule has 3 aromatic rings. The topological polar surface area (TPSA) is 58.1 Å². The number of fused-ring (bicyclic) bond motifs is 1. The molecule has 9 heteroatoms. The number of ether oxygens (including phenoxy) is 2. The minimum Gasteiger partial charge on any atom is -0.497 e. The summed E-state index contributed by atoms with van der Waals surface area (Å²) in [5, 5.41) is 11.6. The summed E-state index contributed by atoms with van der Waals surface area (Å²) < 4.78 is 52.3. The Morgan fingerprint density at radius 1 is 0.929 bits per heavy atom. The maximum absolute atomic E-state index is 14.0. The second-order valence-corrected chi connectivity index (χ2v) is 11.8. The van der Waals surface area contributed by atoms with Gasteiger partial charge >= 0.3 is 0 Å². The van der Waals surface area contributed by atoms with Crippen LogP contribution in [0.15, 0.2) is 36.5 Å². The van der Waals surface area contributed by atoms with Gasteiger partial charge in [-0.1, -0.05) is 0 Å². The summed E-state index contributed by atoms with van der Waals surface area (Å²) >= 11 is 0. The lowest BCUT2D eigenvalue weighted by molar-refractivity contribution is 0.0336. The summed E-state index contributed by atoms with van der Waals surface area (Å²) in [6, 6.07) is 7.53. The standard InChI is InChI=1S/C33H42F3N3O3/c1-41-26-6-7-32-29(20-26)27(24(21-37-32)22-39-14-16-42-17-15-39)4-2-8-33(23-40)9-12-38(13-10-33)11-3-5-28-30(35)18-25(34)19-31(28)36/h6-7,18-21,40H,2-5,8-17,22-23H2,1H3. The van der Waals surface area contributed by atoms with E-state index in [9.17, 15) is 18.3 Å². The number of pyridine rings is 1. The van der Waals surface area contributed by atoms with Gasteiger partial charge in [-0.05, 0) is 99.3 Å². The molecule has 3 heterocycles. The van der Waals surface area contributed by atoms with Crippen LogP contribution in [0.1, 0.15) is 48.8 Å². The van der Waals surface area contributed by atoms with Crippen LogP contribution in [0.2, 0.25) is 0 Å². The van der Waals surface area contributed by atoms with Gasteiger partial charge in [0.25, 0.3) is 0 Å². The summed E-state index contributed by atoms with van der Waals surface area (Å²) in [5.41, 5.74) is 3.32. The third kappa shape index (κ3) is 7.43. The highest BCUT2D eigenvalue weighted by molar-refractivity contribution is 5.84. The fourth-order valence-electron chi connectivity index (χ4n) is 6.50. The molecule has 0 bridgehead atoms. The van der Waals surface area contributed by atoms with Gasteiger partial charge in [0.1, 0.15) is 23.2 Å². The molecule has 1 aromatic heterocycles. The number of morpholine rings is 1. The SMILES string of the molecule is COc1ccc2ncc(CN3CCOCC3)c(CCCC3(CO)CCN(CCCc4c(F)cc(F)cc4F)CC3)c2c1. The van der Waals surface area contributed by atoms with Crippen LogP contribution < -0.4 is 4.74 Å². The van der Waals surface area contributed by atoms with Crippen LogP contribution in [0.5, 0.6) is 5.75 Å². The average molecular weight is 586 g/mol. The zero-order chi connectivity index (χ0) is 29.5. The van der Waals surface area contributed by atoms with Crippen LogP contribution in [0.4, 0.5) is 13.2 Å². The second kappa shape index (κ2) is 14.2. The Hall–Kier alpha value is -2.72. The Kier molecular flexibility index (Phi) is 10.4. The van der Waals surface area contributed by atoms with Crippen LogP contribution >= 0.6 is 0 Å². The Morgan fingerprint density at radius 3 is 2.33 bits per heavy atom. The van der Waals surface area contributed by atoms with E-state index in [0.717, 1.165) is 107 Å². The molecule has 2 fully saturated rings. The van der Waals surface area contributed by atoms with Crippen molar-refractivity contribution in [1.82, 2.24) is 14.8 Å². The van der Waals surface area contributed by atoms with E-state index in [4.69, 9.17) is 14.5 Å². The van der Waals surface area contributed by atoms with Crippen molar-refractivity contribution in [1.29, 1.82) is 0 Å². The molecule has 2 aliphatic heterocycles. The number of methoxy groups -OCH3 is 1. The van der Waals surface area contributed by atoms with Crippen molar-refractivity contribution < 1.29 is 27.8 Å². The van der Waals surface area contributed by atoms with Crippen molar-refractivity contribution in [2.75, 3.05) is 59.7 Å². The van der Waals surface area contributed by atoms with E-state index in [1.54, 1.807) is 7.11 Å². The van der Waals surface area contributed by atoms with Crippen LogP contribution in [-0.4, -0.2) is 79.5 Å². The number of aliphatic hydroxyl groups is 1. The molecule has 0 saturated carbocycles. The van der Waals surface area contributed by atoms with Crippen molar-refractivity contribution >= 4 is 10.9 Å². The summed E-state index contributed by atoms with van der Waals surface area (Å²) in [7, 11) is 1.68. The highest BCUT2D eigenvalue weighted by Crippen LogP contribution is 2.37. The number of benzene rings is 2. The van der Waals surface area contributed by atoms with Gasteiger partial charge < -0.3 is 19.5 Å². The number of hydrogen-bond donors (Lipinski definition) is 1. The Bertz CT molecular complexity index is 1320. The molecule has 0 spiro atoms. The van der Waals surface area contributed by atoms with Gasteiger partial charge in [-0.15, -0.1) is 0 Å². The minimum atomic E-state index is -0.893. The third-order valence-corrected chi connectivity index (χ3v) is 9.17. The summed E-state index contributed by atoms with van der Waals surface area (Å²) in [4.78, 5) is 9.48. The molecule has 228 valence electrons. The number of rotatable bonds is 12. The van der Waals surface area contributed by atoms with E-state index in [-0.39, 0.29) is 24.0 Å². The van der Waals surface area contributed by atoms with Crippen molar-refractivity contribution in [3.05, 3.63) is 70.7 Å². The summed E-state index contributed by atoms with van der Waals surface area (Å²) in [6.07, 6.45) is 7.38. The first-order valence-corrected chi connectivity index (χ1v) is 15.1. The van der Waals surface area contributed by atoms with Gasteiger partial charge in [0.2, 0.25) is 0 Å². The van der Waals surface area contributed by atoms with Crippen LogP contribution in [0, 0.1) is 22.9 Å². The molecule has 5 rings (SSSR count). The molecule has 0 radical (unpaired) electrons. The highest BCUT2D eigenvalue weighted by atomic mass is 19.1. The molecule has 0 atom stereocenters. The predicted octanol–water partition coefficient (Wildman–Crippen LogP) is 5.52. The van der Waals surface area contributed by atoms with E-state index in [1.165, 1.54) is 11.1 Å². The number of hydrogen-bond acceptors (Lipinski definition) is 6. The predicted molar refractivity (Wildman–Crippen MR) is 157 cm³/mol. The molecule has 42 heavy (non-hydrogen) atoms. The monoisotopic (exact) mass is 585 g/mol. The van der Waals surface area contributed by atoms with Crippen LogP contribution in [0.3, 0.4) is 0 Å². The molecule has 2 aliphatic rings. The minimum absolute atomic E-state index is 0.0487. The van der Waals surface area contributed by atoms with Gasteiger partial charge in [-0.25, -0.2) is 13.2 Å². The van der Waals surface area contributed by atoms with Crippen molar-refractivity contribution in [3.63, 3.8) is 0 Å². The molecule has 0 amide bonds. The largest absolute Gasteiger partial charge is 0.497 e. The fourth-order valence-corrected chi connectivity index (χ4v) is 6.50. The van der Waals surface area contributed by atoms with E-state index in [1.807, 2.05) is 18.3 Å². The number of piperidine rings is 1. The van der Waals surface area contributed by atoms with Crippen LogP contribution in [-0.2, 0) is 24.1 Å². The van der Waals surface area contributed by atoms with Gasteiger partial charge in [0.05, 0.1) is 25.8 Å². The Labute approximate surface area is 246 Å². The lowest BCUT2D eigenvalue weighted by atomic mass is 9.74. The smallest absolute Gasteiger partial charge is 0.132 e. The lowest BCUT2D eigenvalue weighted by Crippen LogP contribution is -2.42. The number of halogens is 3. The number of likely N-dealkylation sites (tertiary alicyclic amines) is 1. The third-order valence-electron chi connectivity index (χ3n) is 9.17. The molecular weight excluding hydrogens is 543 g/mol. The van der Waals surface area contributed by atoms with Crippen LogP contribution in [0.25, 0.3) is 10.9 Å². The zero-order valence-corrected chi connectivity index (χ0v) is 24.5. The first-order valence-electron chi connectivity index (χ1n) is 15.1.